The highest BCUT2D eigenvalue weighted by Gasteiger charge is 2.26. The van der Waals surface area contributed by atoms with Gasteiger partial charge < -0.3 is 9.47 Å². The molecule has 0 aromatic rings. The van der Waals surface area contributed by atoms with Gasteiger partial charge in [0.25, 0.3) is 0 Å². The summed E-state index contributed by atoms with van der Waals surface area (Å²) in [5, 5.41) is 0. The van der Waals surface area contributed by atoms with Crippen LogP contribution < -0.4 is 0 Å². The normalized spacial score (nSPS) is 12.0. The van der Waals surface area contributed by atoms with E-state index in [2.05, 4.69) is 20.5 Å². The Bertz CT molecular complexity index is 103. The van der Waals surface area contributed by atoms with E-state index in [1.165, 1.54) is 12.3 Å². The molecule has 0 N–H and O–H groups in total. The third kappa shape index (κ3) is 5.08. The van der Waals surface area contributed by atoms with Crippen LogP contribution in [-0.2, 0) is 9.47 Å². The van der Waals surface area contributed by atoms with E-state index in [9.17, 15) is 0 Å². The van der Waals surface area contributed by atoms with Crippen molar-refractivity contribution in [3.05, 3.63) is 0 Å². The van der Waals surface area contributed by atoms with Crippen LogP contribution in [-0.4, -0.2) is 45.7 Å². The maximum atomic E-state index is 5.55. The summed E-state index contributed by atoms with van der Waals surface area (Å²) in [4.78, 5) is 0. The Kier molecular flexibility index (Phi) is 7.02. The van der Waals surface area contributed by atoms with Gasteiger partial charge in [0, 0.05) is 14.4 Å². The summed E-state index contributed by atoms with van der Waals surface area (Å²) < 4.78 is 10.5. The summed E-state index contributed by atoms with van der Waals surface area (Å²) in [6, 6.07) is 0. The van der Waals surface area contributed by atoms with Gasteiger partial charge in [-0.2, -0.15) is 0 Å². The van der Waals surface area contributed by atoms with Crippen molar-refractivity contribution in [2.24, 2.45) is 0 Å². The van der Waals surface area contributed by atoms with Gasteiger partial charge in [-0.25, -0.2) is 0 Å². The van der Waals surface area contributed by atoms with E-state index in [4.69, 9.17) is 9.47 Å². The van der Waals surface area contributed by atoms with Crippen LogP contribution in [0.3, 0.4) is 0 Å². The van der Waals surface area contributed by atoms with Crippen molar-refractivity contribution in [2.75, 3.05) is 45.7 Å². The lowest BCUT2D eigenvalue weighted by Gasteiger charge is -2.19. The number of hydrogen-bond acceptors (Lipinski definition) is 2. The van der Waals surface area contributed by atoms with E-state index >= 15 is 0 Å². The molecule has 0 heterocycles. The highest BCUT2D eigenvalue weighted by Crippen LogP contribution is 2.53. The molecule has 0 saturated carbocycles. The van der Waals surface area contributed by atoms with Crippen LogP contribution in [0.15, 0.2) is 0 Å². The third-order valence-electron chi connectivity index (χ3n) is 2.36. The minimum absolute atomic E-state index is 0.716. The molecule has 0 aromatic carbocycles. The first kappa shape index (κ1) is 12.3. The maximum Gasteiger partial charge on any atom is 0.156 e. The Hall–Kier alpha value is 0.350. The highest BCUT2D eigenvalue weighted by molar-refractivity contribution is 7.74. The molecule has 0 spiro atoms. The smallest absolute Gasteiger partial charge is 0.156 e. The zero-order valence-electron chi connectivity index (χ0n) is 8.80. The van der Waals surface area contributed by atoms with E-state index in [1.807, 2.05) is 0 Å². The fourth-order valence-corrected chi connectivity index (χ4v) is 2.22. The Labute approximate surface area is 77.0 Å². The van der Waals surface area contributed by atoms with Crippen LogP contribution in [0, 0.1) is 0 Å². The number of hydrogen-bond donors (Lipinski definition) is 0. The van der Waals surface area contributed by atoms with Crippen molar-refractivity contribution in [3.63, 3.8) is 0 Å². The molecule has 0 unspecified atom stereocenters. The monoisotopic (exact) mass is 193 g/mol. The molecular formula is C9H22O2P+. The van der Waals surface area contributed by atoms with Crippen LogP contribution in [0.2, 0.25) is 0 Å². The molecule has 0 aliphatic carbocycles. The van der Waals surface area contributed by atoms with Crippen molar-refractivity contribution >= 4 is 7.26 Å². The molecule has 0 rings (SSSR count). The van der Waals surface area contributed by atoms with Gasteiger partial charge in [-0.1, -0.05) is 0 Å². The second kappa shape index (κ2) is 6.82. The average Bonchev–Trinajstić information content (AvgIpc) is 2.12. The lowest BCUT2D eigenvalue weighted by Crippen LogP contribution is -2.09. The fourth-order valence-electron chi connectivity index (χ4n) is 0.833. The number of methoxy groups -OCH3 is 1. The molecule has 0 aliphatic heterocycles. The first-order valence-corrected chi connectivity index (χ1v) is 7.38. The minimum atomic E-state index is -0.749. The largest absolute Gasteiger partial charge is 0.382 e. The maximum absolute atomic E-state index is 5.55. The summed E-state index contributed by atoms with van der Waals surface area (Å²) in [5.74, 6) is 0. The number of rotatable bonds is 7. The van der Waals surface area contributed by atoms with Crippen molar-refractivity contribution < 1.29 is 9.47 Å². The summed E-state index contributed by atoms with van der Waals surface area (Å²) in [6.45, 7) is 8.35. The fraction of sp³-hybridized carbons (Fsp3) is 1.00. The van der Waals surface area contributed by atoms with Gasteiger partial charge in [-0.3, -0.25) is 0 Å². The first-order valence-electron chi connectivity index (χ1n) is 4.58. The van der Waals surface area contributed by atoms with Crippen LogP contribution in [0.1, 0.15) is 13.8 Å². The van der Waals surface area contributed by atoms with Crippen molar-refractivity contribution in [3.8, 4) is 0 Å². The Balaban J connectivity index is 3.45. The Morgan fingerprint density at radius 3 is 2.08 bits per heavy atom. The highest BCUT2D eigenvalue weighted by atomic mass is 31.2. The topological polar surface area (TPSA) is 18.5 Å². The van der Waals surface area contributed by atoms with Crippen LogP contribution in [0.25, 0.3) is 0 Å². The lowest BCUT2D eigenvalue weighted by atomic mass is 10.8. The molecule has 0 radical (unpaired) electrons. The minimum Gasteiger partial charge on any atom is -0.382 e. The SMILES string of the molecule is CC[P+](C)(CC)COCCOC. The van der Waals surface area contributed by atoms with Gasteiger partial charge >= 0.3 is 0 Å². The van der Waals surface area contributed by atoms with Gasteiger partial charge in [-0.15, -0.1) is 0 Å². The predicted octanol–water partition coefficient (Wildman–Crippen LogP) is 2.29. The predicted molar refractivity (Wildman–Crippen MR) is 56.6 cm³/mol. The van der Waals surface area contributed by atoms with E-state index in [1.54, 1.807) is 7.11 Å². The van der Waals surface area contributed by atoms with Crippen molar-refractivity contribution in [1.29, 1.82) is 0 Å². The van der Waals surface area contributed by atoms with Crippen molar-refractivity contribution in [1.82, 2.24) is 0 Å². The molecule has 74 valence electrons. The van der Waals surface area contributed by atoms with Gasteiger partial charge in [0.05, 0.1) is 32.2 Å². The molecule has 3 heteroatoms. The molecule has 0 aromatic heterocycles. The lowest BCUT2D eigenvalue weighted by molar-refractivity contribution is 0.0932. The second-order valence-electron chi connectivity index (χ2n) is 3.28. The molecule has 0 atom stereocenters. The first-order chi connectivity index (χ1) is 5.68. The molecular weight excluding hydrogens is 171 g/mol. The summed E-state index contributed by atoms with van der Waals surface area (Å²) in [6.07, 6.45) is 3.54. The quantitative estimate of drug-likeness (QED) is 0.456. The summed E-state index contributed by atoms with van der Waals surface area (Å²) in [5.41, 5.74) is 0. The van der Waals surface area contributed by atoms with Gasteiger partial charge in [-0.05, 0) is 13.8 Å². The summed E-state index contributed by atoms with van der Waals surface area (Å²) in [7, 11) is 0.957. The zero-order valence-corrected chi connectivity index (χ0v) is 9.69. The van der Waals surface area contributed by atoms with Crippen molar-refractivity contribution in [2.45, 2.75) is 13.8 Å². The van der Waals surface area contributed by atoms with Gasteiger partial charge in [0.2, 0.25) is 0 Å². The van der Waals surface area contributed by atoms with Crippen LogP contribution in [0.5, 0.6) is 0 Å². The molecule has 12 heavy (non-hydrogen) atoms. The van der Waals surface area contributed by atoms with E-state index in [-0.39, 0.29) is 0 Å². The van der Waals surface area contributed by atoms with Gasteiger partial charge in [0.1, 0.15) is 0 Å². The van der Waals surface area contributed by atoms with E-state index in [0.29, 0.717) is 6.61 Å². The molecule has 0 amide bonds. The third-order valence-corrected chi connectivity index (χ3v) is 6.22. The van der Waals surface area contributed by atoms with Crippen LogP contribution in [0.4, 0.5) is 0 Å². The molecule has 0 bridgehead atoms. The zero-order chi connectivity index (χ0) is 9.45. The van der Waals surface area contributed by atoms with E-state index in [0.717, 1.165) is 13.0 Å². The molecule has 0 aliphatic rings. The molecule has 0 fully saturated rings. The van der Waals surface area contributed by atoms with Gasteiger partial charge in [0.15, 0.2) is 6.35 Å². The Morgan fingerprint density at radius 1 is 1.08 bits per heavy atom. The Morgan fingerprint density at radius 2 is 1.67 bits per heavy atom. The molecule has 0 saturated heterocycles. The van der Waals surface area contributed by atoms with E-state index < -0.39 is 7.26 Å². The second-order valence-corrected chi connectivity index (χ2v) is 8.04. The molecule has 2 nitrogen and oxygen atoms in total. The number of ether oxygens (including phenoxy) is 2. The standard InChI is InChI=1S/C9H22O2P/c1-5-12(4,6-2)9-11-8-7-10-3/h5-9H2,1-4H3/q+1. The average molecular weight is 193 g/mol. The summed E-state index contributed by atoms with van der Waals surface area (Å²) >= 11 is 0. The van der Waals surface area contributed by atoms with Crippen LogP contribution >= 0.6 is 7.26 Å².